The van der Waals surface area contributed by atoms with E-state index in [0.717, 1.165) is 5.69 Å². The number of amides is 1. The number of ether oxygens (including phenoxy) is 1. The summed E-state index contributed by atoms with van der Waals surface area (Å²) in [5.74, 6) is 0.414. The van der Waals surface area contributed by atoms with Crippen LogP contribution in [-0.4, -0.2) is 53.3 Å². The van der Waals surface area contributed by atoms with Crippen LogP contribution in [0.15, 0.2) is 18.2 Å². The first kappa shape index (κ1) is 15.9. The Bertz CT molecular complexity index is 580. The zero-order chi connectivity index (χ0) is 16.4. The van der Waals surface area contributed by atoms with Gasteiger partial charge in [0.1, 0.15) is 5.75 Å². The van der Waals surface area contributed by atoms with Gasteiger partial charge in [0.05, 0.1) is 35.9 Å². The molecular formula is C14H19N3O5. The highest BCUT2D eigenvalue weighted by atomic mass is 16.6. The van der Waals surface area contributed by atoms with Gasteiger partial charge in [0.2, 0.25) is 0 Å². The molecule has 1 aliphatic heterocycles. The zero-order valence-electron chi connectivity index (χ0n) is 12.7. The molecule has 0 spiro atoms. The number of nitro benzene ring substituents is 1. The number of methoxy groups -OCH3 is 1. The number of non-ortho nitro benzene ring substituents is 1. The first-order valence-corrected chi connectivity index (χ1v) is 6.93. The molecule has 1 aliphatic rings. The third-order valence-corrected chi connectivity index (χ3v) is 3.85. The van der Waals surface area contributed by atoms with E-state index in [4.69, 9.17) is 4.74 Å². The first-order chi connectivity index (χ1) is 10.3. The smallest absolute Gasteiger partial charge is 0.407 e. The van der Waals surface area contributed by atoms with E-state index in [2.05, 4.69) is 0 Å². The van der Waals surface area contributed by atoms with Crippen molar-refractivity contribution in [2.45, 2.75) is 25.9 Å². The van der Waals surface area contributed by atoms with Gasteiger partial charge < -0.3 is 14.7 Å². The number of benzene rings is 1. The van der Waals surface area contributed by atoms with Crippen molar-refractivity contribution in [2.24, 2.45) is 0 Å². The summed E-state index contributed by atoms with van der Waals surface area (Å²) in [6.07, 6.45) is -0.935. The Labute approximate surface area is 128 Å². The number of carboxylic acid groups (broad SMARTS) is 1. The molecule has 2 rings (SSSR count). The molecule has 22 heavy (non-hydrogen) atoms. The number of carbonyl (C=O) groups is 1. The summed E-state index contributed by atoms with van der Waals surface area (Å²) >= 11 is 0. The first-order valence-electron chi connectivity index (χ1n) is 6.93. The summed E-state index contributed by atoms with van der Waals surface area (Å²) in [5, 5.41) is 20.1. The van der Waals surface area contributed by atoms with Crippen molar-refractivity contribution in [3.05, 3.63) is 28.3 Å². The van der Waals surface area contributed by atoms with E-state index >= 15 is 0 Å². The molecule has 2 atom stereocenters. The fraction of sp³-hybridized carbons (Fsp3) is 0.500. The van der Waals surface area contributed by atoms with E-state index < -0.39 is 11.0 Å². The lowest BCUT2D eigenvalue weighted by Gasteiger charge is -2.44. The highest BCUT2D eigenvalue weighted by Gasteiger charge is 2.33. The Balaban J connectivity index is 2.29. The molecule has 0 aromatic heterocycles. The normalized spacial score (nSPS) is 21.6. The number of anilines is 1. The lowest BCUT2D eigenvalue weighted by atomic mass is 10.1. The lowest BCUT2D eigenvalue weighted by Crippen LogP contribution is -2.58. The van der Waals surface area contributed by atoms with Gasteiger partial charge in [-0.3, -0.25) is 15.0 Å². The molecule has 1 aromatic carbocycles. The van der Waals surface area contributed by atoms with Crippen molar-refractivity contribution >= 4 is 17.5 Å². The van der Waals surface area contributed by atoms with Crippen LogP contribution in [0.2, 0.25) is 0 Å². The van der Waals surface area contributed by atoms with E-state index in [1.54, 1.807) is 6.07 Å². The van der Waals surface area contributed by atoms with E-state index in [9.17, 15) is 20.0 Å². The SMILES string of the molecule is COc1cc([N+](=O)[O-])ccc1N1C[C@@H](C)N(C(=O)O)[C@@H](C)C1. The van der Waals surface area contributed by atoms with Gasteiger partial charge in [0, 0.05) is 19.2 Å². The monoisotopic (exact) mass is 309 g/mol. The van der Waals surface area contributed by atoms with Crippen LogP contribution < -0.4 is 9.64 Å². The van der Waals surface area contributed by atoms with E-state index in [-0.39, 0.29) is 17.8 Å². The van der Waals surface area contributed by atoms with Crippen LogP contribution >= 0.6 is 0 Å². The van der Waals surface area contributed by atoms with Gasteiger partial charge in [-0.2, -0.15) is 0 Å². The second-order valence-corrected chi connectivity index (χ2v) is 5.41. The average molecular weight is 309 g/mol. The third kappa shape index (κ3) is 2.90. The van der Waals surface area contributed by atoms with Gasteiger partial charge in [0.25, 0.3) is 5.69 Å². The Morgan fingerprint density at radius 3 is 2.41 bits per heavy atom. The molecule has 0 bridgehead atoms. The Morgan fingerprint density at radius 2 is 1.95 bits per heavy atom. The largest absolute Gasteiger partial charge is 0.494 e. The lowest BCUT2D eigenvalue weighted by molar-refractivity contribution is -0.384. The molecule has 1 fully saturated rings. The van der Waals surface area contributed by atoms with Gasteiger partial charge in [-0.15, -0.1) is 0 Å². The standard InChI is InChI=1S/C14H19N3O5/c1-9-7-15(8-10(2)16(9)14(18)19)12-5-4-11(17(20)21)6-13(12)22-3/h4-6,9-10H,7-8H2,1-3H3,(H,18,19)/t9-,10+. The highest BCUT2D eigenvalue weighted by molar-refractivity contribution is 5.68. The van der Waals surface area contributed by atoms with Gasteiger partial charge in [-0.05, 0) is 19.9 Å². The van der Waals surface area contributed by atoms with E-state index in [0.29, 0.717) is 18.8 Å². The zero-order valence-corrected chi connectivity index (χ0v) is 12.7. The van der Waals surface area contributed by atoms with Gasteiger partial charge in [0.15, 0.2) is 0 Å². The van der Waals surface area contributed by atoms with Crippen LogP contribution in [-0.2, 0) is 0 Å². The van der Waals surface area contributed by atoms with Crippen LogP contribution in [0.1, 0.15) is 13.8 Å². The van der Waals surface area contributed by atoms with Gasteiger partial charge in [-0.25, -0.2) is 4.79 Å². The minimum Gasteiger partial charge on any atom is -0.494 e. The third-order valence-electron chi connectivity index (χ3n) is 3.85. The average Bonchev–Trinajstić information content (AvgIpc) is 2.45. The van der Waals surface area contributed by atoms with Crippen molar-refractivity contribution in [1.29, 1.82) is 0 Å². The van der Waals surface area contributed by atoms with Crippen molar-refractivity contribution < 1.29 is 19.6 Å². The number of nitrogens with zero attached hydrogens (tertiary/aromatic N) is 3. The highest BCUT2D eigenvalue weighted by Crippen LogP contribution is 2.34. The number of hydrogen-bond acceptors (Lipinski definition) is 5. The molecule has 120 valence electrons. The van der Waals surface area contributed by atoms with Crippen LogP contribution in [0.5, 0.6) is 5.75 Å². The minimum absolute atomic E-state index is 0.0362. The molecule has 1 aromatic rings. The van der Waals surface area contributed by atoms with E-state index in [1.165, 1.54) is 24.1 Å². The van der Waals surface area contributed by atoms with Crippen LogP contribution in [0, 0.1) is 10.1 Å². The predicted molar refractivity (Wildman–Crippen MR) is 80.6 cm³/mol. The van der Waals surface area contributed by atoms with Crippen LogP contribution in [0.4, 0.5) is 16.2 Å². The summed E-state index contributed by atoms with van der Waals surface area (Å²) < 4.78 is 5.26. The summed E-state index contributed by atoms with van der Waals surface area (Å²) in [6, 6.07) is 4.10. The fourth-order valence-electron chi connectivity index (χ4n) is 2.94. The number of hydrogen-bond donors (Lipinski definition) is 1. The Morgan fingerprint density at radius 1 is 1.36 bits per heavy atom. The topological polar surface area (TPSA) is 96.2 Å². The maximum atomic E-state index is 11.3. The quantitative estimate of drug-likeness (QED) is 0.679. The number of nitro groups is 1. The van der Waals surface area contributed by atoms with Crippen molar-refractivity contribution in [3.63, 3.8) is 0 Å². The second kappa shape index (κ2) is 6.08. The number of rotatable bonds is 3. The second-order valence-electron chi connectivity index (χ2n) is 5.41. The molecule has 1 N–H and O–H groups in total. The molecule has 8 nitrogen and oxygen atoms in total. The Kier molecular flexibility index (Phi) is 4.39. The van der Waals surface area contributed by atoms with Gasteiger partial charge in [-0.1, -0.05) is 0 Å². The molecule has 0 aliphatic carbocycles. The Hall–Kier alpha value is -2.51. The maximum Gasteiger partial charge on any atom is 0.407 e. The van der Waals surface area contributed by atoms with Crippen LogP contribution in [0.3, 0.4) is 0 Å². The molecule has 0 unspecified atom stereocenters. The molecular weight excluding hydrogens is 290 g/mol. The molecule has 8 heteroatoms. The van der Waals surface area contributed by atoms with Crippen molar-refractivity contribution in [2.75, 3.05) is 25.1 Å². The predicted octanol–water partition coefficient (Wildman–Crippen LogP) is 2.18. The minimum atomic E-state index is -0.935. The maximum absolute atomic E-state index is 11.3. The summed E-state index contributed by atoms with van der Waals surface area (Å²) in [7, 11) is 1.46. The van der Waals surface area contributed by atoms with E-state index in [1.807, 2.05) is 18.7 Å². The molecule has 1 amide bonds. The summed E-state index contributed by atoms with van der Waals surface area (Å²) in [6.45, 7) is 4.69. The molecule has 1 heterocycles. The van der Waals surface area contributed by atoms with Crippen molar-refractivity contribution in [3.8, 4) is 5.75 Å². The van der Waals surface area contributed by atoms with Crippen molar-refractivity contribution in [1.82, 2.24) is 4.90 Å². The molecule has 1 saturated heterocycles. The molecule has 0 saturated carbocycles. The number of piperazine rings is 1. The fourth-order valence-corrected chi connectivity index (χ4v) is 2.94. The summed E-state index contributed by atoms with van der Waals surface area (Å²) in [5.41, 5.74) is 0.697. The van der Waals surface area contributed by atoms with Gasteiger partial charge >= 0.3 is 6.09 Å². The molecule has 0 radical (unpaired) electrons. The summed E-state index contributed by atoms with van der Waals surface area (Å²) in [4.78, 5) is 25.1. The van der Waals surface area contributed by atoms with Crippen LogP contribution in [0.25, 0.3) is 0 Å².